The van der Waals surface area contributed by atoms with Gasteiger partial charge < -0.3 is 5.11 Å². The second-order valence-corrected chi connectivity index (χ2v) is 5.84. The summed E-state index contributed by atoms with van der Waals surface area (Å²) in [6.45, 7) is 3.54. The molecular formula is C20H16F2N2O2. The Morgan fingerprint density at radius 1 is 1.15 bits per heavy atom. The largest absolute Gasteiger partial charge is 0.478 e. The summed E-state index contributed by atoms with van der Waals surface area (Å²) in [4.78, 5) is 11.7. The zero-order valence-electron chi connectivity index (χ0n) is 14.2. The number of halogens is 2. The predicted octanol–water partition coefficient (Wildman–Crippen LogP) is 4.65. The molecule has 0 bridgehead atoms. The first-order chi connectivity index (χ1) is 12.4. The number of hydrogen-bond donors (Lipinski definition) is 1. The van der Waals surface area contributed by atoms with Crippen LogP contribution in [0.5, 0.6) is 0 Å². The second-order valence-electron chi connectivity index (χ2n) is 5.84. The third-order valence-corrected chi connectivity index (χ3v) is 4.29. The molecule has 132 valence electrons. The van der Waals surface area contributed by atoms with E-state index in [1.165, 1.54) is 18.2 Å². The zero-order chi connectivity index (χ0) is 18.8. The van der Waals surface area contributed by atoms with E-state index in [-0.39, 0.29) is 17.2 Å². The van der Waals surface area contributed by atoms with Gasteiger partial charge in [-0.25, -0.2) is 13.6 Å². The smallest absolute Gasteiger partial charge is 0.337 e. The third kappa shape index (κ3) is 3.04. The Morgan fingerprint density at radius 3 is 2.38 bits per heavy atom. The number of carboxylic acid groups (broad SMARTS) is 1. The third-order valence-electron chi connectivity index (χ3n) is 4.29. The first-order valence-corrected chi connectivity index (χ1v) is 7.98. The standard InChI is InChI=1S/C20H16F2N2O2/c1-3-4-14-9-10-16(20(25)26)18-17(14)11-23-24(18)12(2)13-5-7-15(8-6-13)19(21)22/h5-12,19H,1-2H3,(H,25,26). The number of carbonyl (C=O) groups is 1. The number of aromatic nitrogens is 2. The zero-order valence-corrected chi connectivity index (χ0v) is 14.2. The fraction of sp³-hybridized carbons (Fsp3) is 0.200. The van der Waals surface area contributed by atoms with E-state index in [4.69, 9.17) is 0 Å². The van der Waals surface area contributed by atoms with Crippen molar-refractivity contribution >= 4 is 16.9 Å². The van der Waals surface area contributed by atoms with E-state index in [1.54, 1.807) is 36.0 Å². The Labute approximate surface area is 149 Å². The molecule has 0 aliphatic heterocycles. The monoisotopic (exact) mass is 354 g/mol. The molecule has 0 saturated carbocycles. The number of fused-ring (bicyclic) bond motifs is 1. The molecule has 0 amide bonds. The van der Waals surface area contributed by atoms with Crippen LogP contribution in [0.3, 0.4) is 0 Å². The van der Waals surface area contributed by atoms with Gasteiger partial charge in [-0.3, -0.25) is 4.68 Å². The van der Waals surface area contributed by atoms with Crippen LogP contribution in [0.2, 0.25) is 0 Å². The van der Waals surface area contributed by atoms with Crippen molar-refractivity contribution in [2.45, 2.75) is 26.3 Å². The number of carboxylic acids is 1. The predicted molar refractivity (Wildman–Crippen MR) is 94.5 cm³/mol. The number of benzene rings is 2. The van der Waals surface area contributed by atoms with Crippen molar-refractivity contribution in [3.05, 3.63) is 64.8 Å². The maximum Gasteiger partial charge on any atom is 0.337 e. The minimum atomic E-state index is -2.53. The molecule has 1 atom stereocenters. The number of nitrogens with zero attached hydrogens (tertiary/aromatic N) is 2. The van der Waals surface area contributed by atoms with Crippen LogP contribution in [0.1, 0.15) is 53.4 Å². The molecule has 1 aromatic heterocycles. The van der Waals surface area contributed by atoms with Crippen LogP contribution in [0.4, 0.5) is 8.78 Å². The first-order valence-electron chi connectivity index (χ1n) is 7.98. The quantitative estimate of drug-likeness (QED) is 0.694. The van der Waals surface area contributed by atoms with Crippen LogP contribution in [-0.4, -0.2) is 20.9 Å². The summed E-state index contributed by atoms with van der Waals surface area (Å²) in [5, 5.41) is 14.5. The highest BCUT2D eigenvalue weighted by Crippen LogP contribution is 2.29. The Bertz CT molecular complexity index is 1030. The summed E-state index contributed by atoms with van der Waals surface area (Å²) in [6, 6.07) is 8.79. The van der Waals surface area contributed by atoms with E-state index in [0.717, 1.165) is 5.56 Å². The number of alkyl halides is 2. The lowest BCUT2D eigenvalue weighted by molar-refractivity contribution is 0.0698. The highest BCUT2D eigenvalue weighted by molar-refractivity contribution is 6.03. The van der Waals surface area contributed by atoms with Crippen molar-refractivity contribution in [2.75, 3.05) is 0 Å². The van der Waals surface area contributed by atoms with E-state index in [2.05, 4.69) is 16.9 Å². The lowest BCUT2D eigenvalue weighted by atomic mass is 10.0. The molecule has 0 spiro atoms. The fourth-order valence-electron chi connectivity index (χ4n) is 2.93. The van der Waals surface area contributed by atoms with Gasteiger partial charge in [-0.05, 0) is 31.5 Å². The molecule has 0 fully saturated rings. The van der Waals surface area contributed by atoms with Crippen LogP contribution in [0, 0.1) is 11.8 Å². The molecule has 26 heavy (non-hydrogen) atoms. The highest BCUT2D eigenvalue weighted by Gasteiger charge is 2.20. The molecule has 1 unspecified atom stereocenters. The molecule has 1 heterocycles. The van der Waals surface area contributed by atoms with Crippen LogP contribution in [0.25, 0.3) is 10.9 Å². The molecule has 4 nitrogen and oxygen atoms in total. The minimum Gasteiger partial charge on any atom is -0.478 e. The van der Waals surface area contributed by atoms with E-state index in [9.17, 15) is 18.7 Å². The molecule has 3 aromatic rings. The molecule has 1 N–H and O–H groups in total. The number of hydrogen-bond acceptors (Lipinski definition) is 2. The lowest BCUT2D eigenvalue weighted by Crippen LogP contribution is -2.11. The van der Waals surface area contributed by atoms with Gasteiger partial charge in [-0.2, -0.15) is 5.10 Å². The highest BCUT2D eigenvalue weighted by atomic mass is 19.3. The Kier molecular flexibility index (Phi) is 4.72. The van der Waals surface area contributed by atoms with Crippen molar-refractivity contribution in [3.63, 3.8) is 0 Å². The first kappa shape index (κ1) is 17.6. The Balaban J connectivity index is 2.16. The number of rotatable bonds is 4. The average molecular weight is 354 g/mol. The van der Waals surface area contributed by atoms with E-state index in [0.29, 0.717) is 16.5 Å². The average Bonchev–Trinajstić information content (AvgIpc) is 3.06. The summed E-state index contributed by atoms with van der Waals surface area (Å²) in [5.74, 6) is 4.69. The molecular weight excluding hydrogens is 338 g/mol. The molecule has 3 rings (SSSR count). The molecule has 2 aromatic carbocycles. The van der Waals surface area contributed by atoms with E-state index in [1.807, 2.05) is 6.92 Å². The van der Waals surface area contributed by atoms with Gasteiger partial charge in [0.15, 0.2) is 0 Å². The summed E-state index contributed by atoms with van der Waals surface area (Å²) in [5.41, 5.74) is 1.97. The topological polar surface area (TPSA) is 55.1 Å². The second kappa shape index (κ2) is 6.96. The van der Waals surface area contributed by atoms with Crippen molar-refractivity contribution in [1.29, 1.82) is 0 Å². The summed E-state index contributed by atoms with van der Waals surface area (Å²) < 4.78 is 27.1. The fourth-order valence-corrected chi connectivity index (χ4v) is 2.93. The molecule has 0 aliphatic carbocycles. The van der Waals surface area contributed by atoms with Crippen LogP contribution in [-0.2, 0) is 0 Å². The van der Waals surface area contributed by atoms with Crippen molar-refractivity contribution in [3.8, 4) is 11.8 Å². The maximum atomic E-state index is 12.7. The van der Waals surface area contributed by atoms with Gasteiger partial charge in [0.1, 0.15) is 0 Å². The van der Waals surface area contributed by atoms with Gasteiger partial charge in [0.05, 0.1) is 23.3 Å². The Hall–Kier alpha value is -3.20. The molecule has 0 radical (unpaired) electrons. The molecule has 0 saturated heterocycles. The Morgan fingerprint density at radius 2 is 1.81 bits per heavy atom. The van der Waals surface area contributed by atoms with Crippen molar-refractivity contribution < 1.29 is 18.7 Å². The van der Waals surface area contributed by atoms with E-state index >= 15 is 0 Å². The number of aromatic carboxylic acids is 1. The van der Waals surface area contributed by atoms with Crippen molar-refractivity contribution in [2.24, 2.45) is 0 Å². The SMILES string of the molecule is CC#Cc1ccc(C(=O)O)c2c1cnn2C(C)c1ccc(C(F)F)cc1. The van der Waals surface area contributed by atoms with Gasteiger partial charge in [0, 0.05) is 16.5 Å². The van der Waals surface area contributed by atoms with Crippen LogP contribution in [0.15, 0.2) is 42.6 Å². The van der Waals surface area contributed by atoms with Crippen molar-refractivity contribution in [1.82, 2.24) is 9.78 Å². The summed E-state index contributed by atoms with van der Waals surface area (Å²) in [6.07, 6.45) is -0.940. The van der Waals surface area contributed by atoms with Gasteiger partial charge in [0.25, 0.3) is 6.43 Å². The van der Waals surface area contributed by atoms with E-state index < -0.39 is 12.4 Å². The summed E-state index contributed by atoms with van der Waals surface area (Å²) >= 11 is 0. The molecule has 6 heteroatoms. The van der Waals surface area contributed by atoms with Gasteiger partial charge >= 0.3 is 5.97 Å². The van der Waals surface area contributed by atoms with Gasteiger partial charge in [-0.15, -0.1) is 5.92 Å². The van der Waals surface area contributed by atoms with Gasteiger partial charge in [0.2, 0.25) is 0 Å². The normalized spacial score (nSPS) is 12.0. The van der Waals surface area contributed by atoms with Crippen LogP contribution < -0.4 is 0 Å². The maximum absolute atomic E-state index is 12.7. The minimum absolute atomic E-state index is 0.0574. The van der Waals surface area contributed by atoms with Crippen LogP contribution >= 0.6 is 0 Å². The summed E-state index contributed by atoms with van der Waals surface area (Å²) in [7, 11) is 0. The molecule has 0 aliphatic rings. The lowest BCUT2D eigenvalue weighted by Gasteiger charge is -2.16. The van der Waals surface area contributed by atoms with Gasteiger partial charge in [-0.1, -0.05) is 30.2 Å².